The highest BCUT2D eigenvalue weighted by atomic mass is 35.5. The summed E-state index contributed by atoms with van der Waals surface area (Å²) in [5, 5.41) is 3.12. The fraction of sp³-hybridized carbons (Fsp3) is 0.611. The summed E-state index contributed by atoms with van der Waals surface area (Å²) in [6.07, 6.45) is 3.18. The van der Waals surface area contributed by atoms with Crippen molar-refractivity contribution in [3.63, 3.8) is 0 Å². The highest BCUT2D eigenvalue weighted by Gasteiger charge is 2.31. The predicted molar refractivity (Wildman–Crippen MR) is 104 cm³/mol. The molecule has 0 bridgehead atoms. The highest BCUT2D eigenvalue weighted by Crippen LogP contribution is 2.20. The highest BCUT2D eigenvalue weighted by molar-refractivity contribution is 5.85. The lowest BCUT2D eigenvalue weighted by Gasteiger charge is -2.32. The van der Waals surface area contributed by atoms with Crippen molar-refractivity contribution in [1.29, 1.82) is 0 Å². The summed E-state index contributed by atoms with van der Waals surface area (Å²) in [5.41, 5.74) is 6.70. The van der Waals surface area contributed by atoms with Crippen molar-refractivity contribution >= 4 is 30.7 Å². The van der Waals surface area contributed by atoms with Crippen LogP contribution in [0.5, 0.6) is 0 Å². The summed E-state index contributed by atoms with van der Waals surface area (Å²) < 4.78 is 18.6. The first-order valence-electron chi connectivity index (χ1n) is 8.76. The molecule has 2 aliphatic rings. The van der Waals surface area contributed by atoms with Crippen molar-refractivity contribution in [2.24, 2.45) is 5.73 Å². The maximum atomic E-state index is 12.9. The zero-order chi connectivity index (χ0) is 16.9. The number of benzene rings is 1. The van der Waals surface area contributed by atoms with Crippen LogP contribution in [0.15, 0.2) is 24.3 Å². The van der Waals surface area contributed by atoms with E-state index < -0.39 is 0 Å². The van der Waals surface area contributed by atoms with Crippen molar-refractivity contribution in [1.82, 2.24) is 10.2 Å². The largest absolute Gasteiger partial charge is 0.364 e. The molecule has 0 unspecified atom stereocenters. The van der Waals surface area contributed by atoms with Crippen LogP contribution in [-0.2, 0) is 16.1 Å². The topological polar surface area (TPSA) is 67.6 Å². The summed E-state index contributed by atoms with van der Waals surface area (Å²) in [6, 6.07) is 6.86. The average Bonchev–Trinajstić information content (AvgIpc) is 3.08. The van der Waals surface area contributed by atoms with Crippen LogP contribution >= 0.6 is 24.8 Å². The van der Waals surface area contributed by atoms with E-state index >= 15 is 0 Å². The Morgan fingerprint density at radius 3 is 2.38 bits per heavy atom. The minimum Gasteiger partial charge on any atom is -0.364 e. The monoisotopic (exact) mass is 407 g/mol. The molecule has 0 radical (unpaired) electrons. The fourth-order valence-corrected chi connectivity index (χ4v) is 3.45. The Balaban J connectivity index is 0.00000169. The van der Waals surface area contributed by atoms with Crippen molar-refractivity contribution < 1.29 is 13.9 Å². The molecule has 3 rings (SSSR count). The molecular formula is C18H28Cl2FN3O2. The Morgan fingerprint density at radius 1 is 1.15 bits per heavy atom. The Bertz CT molecular complexity index is 554. The maximum absolute atomic E-state index is 12.9. The van der Waals surface area contributed by atoms with E-state index in [0.29, 0.717) is 6.54 Å². The second-order valence-electron chi connectivity index (χ2n) is 6.75. The molecule has 3 N–H and O–H groups in total. The zero-order valence-electron chi connectivity index (χ0n) is 14.7. The first-order chi connectivity index (χ1) is 11.6. The molecule has 2 fully saturated rings. The van der Waals surface area contributed by atoms with Crippen molar-refractivity contribution in [3.8, 4) is 0 Å². The minimum absolute atomic E-state index is 0. The number of nitrogens with two attached hydrogens (primary N) is 1. The van der Waals surface area contributed by atoms with Crippen LogP contribution in [0.4, 0.5) is 4.39 Å². The molecule has 5 nitrogen and oxygen atoms in total. The third kappa shape index (κ3) is 6.35. The Hall–Kier alpha value is -0.920. The van der Waals surface area contributed by atoms with Gasteiger partial charge in [-0.2, -0.15) is 0 Å². The van der Waals surface area contributed by atoms with Gasteiger partial charge in [0, 0.05) is 32.2 Å². The van der Waals surface area contributed by atoms with E-state index in [1.54, 1.807) is 0 Å². The lowest BCUT2D eigenvalue weighted by Crippen LogP contribution is -2.47. The quantitative estimate of drug-likeness (QED) is 0.785. The number of nitrogens with one attached hydrogen (secondary N) is 1. The van der Waals surface area contributed by atoms with E-state index in [-0.39, 0.29) is 54.8 Å². The smallest absolute Gasteiger partial charge is 0.249 e. The predicted octanol–water partition coefficient (Wildman–Crippen LogP) is 2.26. The number of nitrogens with zero attached hydrogens (tertiary/aromatic N) is 1. The lowest BCUT2D eigenvalue weighted by molar-refractivity contribution is -0.132. The molecule has 2 heterocycles. The molecule has 1 aromatic carbocycles. The molecule has 26 heavy (non-hydrogen) atoms. The zero-order valence-corrected chi connectivity index (χ0v) is 16.4. The van der Waals surface area contributed by atoms with Gasteiger partial charge in [-0.1, -0.05) is 12.1 Å². The number of carbonyl (C=O) groups excluding carboxylic acids is 1. The molecule has 0 spiro atoms. The van der Waals surface area contributed by atoms with Gasteiger partial charge in [0.15, 0.2) is 0 Å². The number of amides is 1. The number of carbonyl (C=O) groups is 1. The fourth-order valence-electron chi connectivity index (χ4n) is 3.45. The van der Waals surface area contributed by atoms with Crippen molar-refractivity contribution in [3.05, 3.63) is 35.6 Å². The Kier molecular flexibility index (Phi) is 9.82. The standard InChI is InChI=1S/C18H26FN3O2.2ClH/c19-14-3-1-13(2-4-14)12-22-9-7-15(8-10-22)21-18(23)17-6-5-16(11-20)24-17;;/h1-4,15-17H,5-12,20H2,(H,21,23);2*1H/t16-,17+;;/m1../s1. The molecule has 0 aromatic heterocycles. The first kappa shape index (κ1) is 23.1. The molecule has 148 valence electrons. The van der Waals surface area contributed by atoms with Crippen LogP contribution < -0.4 is 11.1 Å². The number of hydrogen-bond donors (Lipinski definition) is 2. The van der Waals surface area contributed by atoms with Crippen LogP contribution in [0.2, 0.25) is 0 Å². The molecule has 0 saturated carbocycles. The van der Waals surface area contributed by atoms with E-state index in [1.165, 1.54) is 12.1 Å². The van der Waals surface area contributed by atoms with Gasteiger partial charge in [0.2, 0.25) is 5.91 Å². The van der Waals surface area contributed by atoms with Crippen LogP contribution in [0.1, 0.15) is 31.2 Å². The number of ether oxygens (including phenoxy) is 1. The third-order valence-corrected chi connectivity index (χ3v) is 4.92. The molecular weight excluding hydrogens is 380 g/mol. The van der Waals surface area contributed by atoms with Crippen LogP contribution in [0, 0.1) is 5.82 Å². The molecule has 0 aliphatic carbocycles. The van der Waals surface area contributed by atoms with Gasteiger partial charge in [-0.15, -0.1) is 24.8 Å². The van der Waals surface area contributed by atoms with Gasteiger partial charge < -0.3 is 15.8 Å². The molecule has 1 amide bonds. The summed E-state index contributed by atoms with van der Waals surface area (Å²) in [4.78, 5) is 14.6. The number of piperidine rings is 1. The summed E-state index contributed by atoms with van der Waals surface area (Å²) in [7, 11) is 0. The Labute approximate surface area is 166 Å². The third-order valence-electron chi connectivity index (χ3n) is 4.92. The van der Waals surface area contributed by atoms with Crippen LogP contribution in [-0.4, -0.2) is 48.7 Å². The number of likely N-dealkylation sites (tertiary alicyclic amines) is 1. The van der Waals surface area contributed by atoms with E-state index in [9.17, 15) is 9.18 Å². The van der Waals surface area contributed by atoms with Gasteiger partial charge in [-0.3, -0.25) is 9.69 Å². The van der Waals surface area contributed by atoms with E-state index in [1.807, 2.05) is 12.1 Å². The van der Waals surface area contributed by atoms with E-state index in [4.69, 9.17) is 10.5 Å². The second kappa shape index (κ2) is 11.0. The summed E-state index contributed by atoms with van der Waals surface area (Å²) >= 11 is 0. The van der Waals surface area contributed by atoms with Crippen molar-refractivity contribution in [2.75, 3.05) is 19.6 Å². The minimum atomic E-state index is -0.337. The molecule has 2 saturated heterocycles. The van der Waals surface area contributed by atoms with Crippen molar-refractivity contribution in [2.45, 2.75) is 50.5 Å². The molecule has 1 aromatic rings. The SMILES string of the molecule is Cl.Cl.NC[C@H]1CC[C@@H](C(=O)NC2CCN(Cc3ccc(F)cc3)CC2)O1. The maximum Gasteiger partial charge on any atom is 0.249 e. The number of halogens is 3. The van der Waals surface area contributed by atoms with Gasteiger partial charge in [0.05, 0.1) is 6.10 Å². The summed E-state index contributed by atoms with van der Waals surface area (Å²) in [5.74, 6) is -0.200. The number of rotatable bonds is 5. The van der Waals surface area contributed by atoms with Gasteiger partial charge in [0.25, 0.3) is 0 Å². The first-order valence-corrected chi connectivity index (χ1v) is 8.76. The lowest BCUT2D eigenvalue weighted by atomic mass is 10.0. The van der Waals surface area contributed by atoms with Gasteiger partial charge in [0.1, 0.15) is 11.9 Å². The summed E-state index contributed by atoms with van der Waals surface area (Å²) in [6.45, 7) is 3.16. The Morgan fingerprint density at radius 2 is 1.81 bits per heavy atom. The molecule has 8 heteroatoms. The van der Waals surface area contributed by atoms with Gasteiger partial charge in [-0.25, -0.2) is 4.39 Å². The van der Waals surface area contributed by atoms with E-state index in [0.717, 1.165) is 50.9 Å². The van der Waals surface area contributed by atoms with Gasteiger partial charge in [-0.05, 0) is 43.4 Å². The van der Waals surface area contributed by atoms with Gasteiger partial charge >= 0.3 is 0 Å². The number of hydrogen-bond acceptors (Lipinski definition) is 4. The van der Waals surface area contributed by atoms with Crippen LogP contribution in [0.3, 0.4) is 0 Å². The second-order valence-corrected chi connectivity index (χ2v) is 6.75. The van der Waals surface area contributed by atoms with E-state index in [2.05, 4.69) is 10.2 Å². The molecule has 2 atom stereocenters. The average molecular weight is 408 g/mol. The molecule has 2 aliphatic heterocycles. The van der Waals surface area contributed by atoms with Crippen LogP contribution in [0.25, 0.3) is 0 Å². The normalized spacial score (nSPS) is 23.8.